The highest BCUT2D eigenvalue weighted by molar-refractivity contribution is 7.10. The second-order valence-corrected chi connectivity index (χ2v) is 5.19. The number of thiophene rings is 1. The summed E-state index contributed by atoms with van der Waals surface area (Å²) in [5, 5.41) is 2.15. The number of hydrogen-bond acceptors (Lipinski definition) is 4. The molecule has 17 heavy (non-hydrogen) atoms. The molecule has 0 bridgehead atoms. The quantitative estimate of drug-likeness (QED) is 0.746. The first-order chi connectivity index (χ1) is 8.24. The fourth-order valence-electron chi connectivity index (χ4n) is 1.99. The van der Waals surface area contributed by atoms with Crippen LogP contribution in [0.2, 0.25) is 5.28 Å². The molecule has 0 aromatic carbocycles. The molecule has 3 heterocycles. The van der Waals surface area contributed by atoms with E-state index < -0.39 is 5.82 Å². The highest BCUT2D eigenvalue weighted by atomic mass is 35.5. The number of fused-ring (bicyclic) bond motifs is 1. The van der Waals surface area contributed by atoms with Crippen LogP contribution in [0.5, 0.6) is 0 Å². The van der Waals surface area contributed by atoms with Gasteiger partial charge in [0.2, 0.25) is 5.28 Å². The molecule has 0 saturated heterocycles. The second kappa shape index (κ2) is 4.23. The lowest BCUT2D eigenvalue weighted by Crippen LogP contribution is -2.31. The van der Waals surface area contributed by atoms with Crippen LogP contribution >= 0.6 is 22.9 Å². The Balaban J connectivity index is 1.94. The third-order valence-electron chi connectivity index (χ3n) is 2.80. The molecule has 1 aliphatic rings. The normalized spacial score (nSPS) is 14.8. The molecule has 1 aliphatic heterocycles. The third kappa shape index (κ3) is 2.00. The van der Waals surface area contributed by atoms with Gasteiger partial charge in [0.25, 0.3) is 0 Å². The van der Waals surface area contributed by atoms with Gasteiger partial charge in [-0.05, 0) is 35.0 Å². The first-order valence-electron chi connectivity index (χ1n) is 5.22. The van der Waals surface area contributed by atoms with Gasteiger partial charge < -0.3 is 4.90 Å². The second-order valence-electron chi connectivity index (χ2n) is 3.85. The summed E-state index contributed by atoms with van der Waals surface area (Å²) in [5.74, 6) is -0.130. The molecule has 0 radical (unpaired) electrons. The minimum absolute atomic E-state index is 0.0810. The van der Waals surface area contributed by atoms with Crippen LogP contribution in [0.15, 0.2) is 17.6 Å². The van der Waals surface area contributed by atoms with Crippen molar-refractivity contribution < 1.29 is 4.39 Å². The van der Waals surface area contributed by atoms with Gasteiger partial charge in [-0.3, -0.25) is 0 Å². The van der Waals surface area contributed by atoms with Gasteiger partial charge in [-0.15, -0.1) is 11.3 Å². The minimum atomic E-state index is -0.423. The molecule has 0 unspecified atom stereocenters. The molecule has 0 atom stereocenters. The van der Waals surface area contributed by atoms with E-state index in [0.717, 1.165) is 19.2 Å². The van der Waals surface area contributed by atoms with Crippen molar-refractivity contribution in [3.05, 3.63) is 39.2 Å². The van der Waals surface area contributed by atoms with Gasteiger partial charge in [0.15, 0.2) is 11.6 Å². The van der Waals surface area contributed by atoms with Gasteiger partial charge in [-0.2, -0.15) is 4.98 Å². The third-order valence-corrected chi connectivity index (χ3v) is 4.01. The standard InChI is InChI=1S/C11H9ClFN3S/c12-11-14-5-8(13)10(15-11)16-3-1-9-7(6-16)2-4-17-9/h2,4-5H,1,3,6H2. The minimum Gasteiger partial charge on any atom is -0.349 e. The number of rotatable bonds is 1. The summed E-state index contributed by atoms with van der Waals surface area (Å²) >= 11 is 7.45. The lowest BCUT2D eigenvalue weighted by atomic mass is 10.1. The molecule has 0 fully saturated rings. The Morgan fingerprint density at radius 2 is 2.35 bits per heavy atom. The molecule has 3 rings (SSSR count). The van der Waals surface area contributed by atoms with Crippen molar-refractivity contribution in [2.75, 3.05) is 11.4 Å². The van der Waals surface area contributed by atoms with E-state index in [1.165, 1.54) is 10.4 Å². The van der Waals surface area contributed by atoms with Crippen LogP contribution in [0.1, 0.15) is 10.4 Å². The molecular weight excluding hydrogens is 261 g/mol. The molecule has 2 aromatic heterocycles. The summed E-state index contributed by atoms with van der Waals surface area (Å²) in [6.07, 6.45) is 2.04. The number of aromatic nitrogens is 2. The fraction of sp³-hybridized carbons (Fsp3) is 0.273. The predicted molar refractivity (Wildman–Crippen MR) is 66.1 cm³/mol. The predicted octanol–water partition coefficient (Wildman–Crippen LogP) is 2.89. The van der Waals surface area contributed by atoms with Gasteiger partial charge in [0.1, 0.15) is 0 Å². The zero-order valence-electron chi connectivity index (χ0n) is 8.86. The molecule has 88 valence electrons. The Bertz CT molecular complexity index is 557. The van der Waals surface area contributed by atoms with Crippen molar-refractivity contribution in [3.8, 4) is 0 Å². The monoisotopic (exact) mass is 269 g/mol. The largest absolute Gasteiger partial charge is 0.349 e. The highest BCUT2D eigenvalue weighted by Gasteiger charge is 2.21. The van der Waals surface area contributed by atoms with Crippen molar-refractivity contribution in [2.45, 2.75) is 13.0 Å². The van der Waals surface area contributed by atoms with Gasteiger partial charge in [-0.1, -0.05) is 0 Å². The Hall–Kier alpha value is -1.20. The summed E-state index contributed by atoms with van der Waals surface area (Å²) in [7, 11) is 0. The average molecular weight is 270 g/mol. The SMILES string of the molecule is Fc1cnc(Cl)nc1N1CCc2sccc2C1. The number of nitrogens with zero attached hydrogens (tertiary/aromatic N) is 3. The molecular formula is C11H9ClFN3S. The fourth-order valence-corrected chi connectivity index (χ4v) is 3.01. The molecule has 0 amide bonds. The summed E-state index contributed by atoms with van der Waals surface area (Å²) < 4.78 is 13.6. The maximum atomic E-state index is 13.6. The van der Waals surface area contributed by atoms with Gasteiger partial charge in [-0.25, -0.2) is 9.37 Å². The van der Waals surface area contributed by atoms with Crippen LogP contribution in [0.3, 0.4) is 0 Å². The summed E-state index contributed by atoms with van der Waals surface area (Å²) in [6, 6.07) is 2.08. The van der Waals surface area contributed by atoms with E-state index in [9.17, 15) is 4.39 Å². The number of anilines is 1. The van der Waals surface area contributed by atoms with Crippen LogP contribution in [-0.2, 0) is 13.0 Å². The molecule has 2 aromatic rings. The number of hydrogen-bond donors (Lipinski definition) is 0. The lowest BCUT2D eigenvalue weighted by molar-refractivity contribution is 0.595. The maximum Gasteiger partial charge on any atom is 0.224 e. The van der Waals surface area contributed by atoms with Crippen LogP contribution in [0.4, 0.5) is 10.2 Å². The zero-order chi connectivity index (χ0) is 11.8. The highest BCUT2D eigenvalue weighted by Crippen LogP contribution is 2.28. The van der Waals surface area contributed by atoms with E-state index >= 15 is 0 Å². The van der Waals surface area contributed by atoms with Crippen molar-refractivity contribution in [3.63, 3.8) is 0 Å². The Kier molecular flexibility index (Phi) is 2.72. The van der Waals surface area contributed by atoms with E-state index in [4.69, 9.17) is 11.6 Å². The van der Waals surface area contributed by atoms with Crippen LogP contribution < -0.4 is 4.90 Å². The van der Waals surface area contributed by atoms with Crippen molar-refractivity contribution in [1.82, 2.24) is 9.97 Å². The van der Waals surface area contributed by atoms with E-state index in [-0.39, 0.29) is 5.28 Å². The van der Waals surface area contributed by atoms with Crippen molar-refractivity contribution >= 4 is 28.8 Å². The maximum absolute atomic E-state index is 13.6. The van der Waals surface area contributed by atoms with E-state index in [2.05, 4.69) is 21.4 Å². The van der Waals surface area contributed by atoms with E-state index in [1.54, 1.807) is 11.3 Å². The molecule has 0 aliphatic carbocycles. The lowest BCUT2D eigenvalue weighted by Gasteiger charge is -2.28. The molecule has 3 nitrogen and oxygen atoms in total. The smallest absolute Gasteiger partial charge is 0.224 e. The molecule has 0 N–H and O–H groups in total. The number of halogens is 2. The molecule has 6 heteroatoms. The first-order valence-corrected chi connectivity index (χ1v) is 6.48. The molecule has 0 spiro atoms. The average Bonchev–Trinajstić information content (AvgIpc) is 2.79. The Morgan fingerprint density at radius 3 is 3.24 bits per heavy atom. The first kappa shape index (κ1) is 10.9. The van der Waals surface area contributed by atoms with Gasteiger partial charge >= 0.3 is 0 Å². The van der Waals surface area contributed by atoms with Crippen LogP contribution in [0.25, 0.3) is 0 Å². The van der Waals surface area contributed by atoms with E-state index in [0.29, 0.717) is 12.4 Å². The summed E-state index contributed by atoms with van der Waals surface area (Å²) in [4.78, 5) is 10.9. The Labute approximate surface area is 107 Å². The van der Waals surface area contributed by atoms with Gasteiger partial charge in [0, 0.05) is 18.0 Å². The van der Waals surface area contributed by atoms with Crippen molar-refractivity contribution in [2.24, 2.45) is 0 Å². The Morgan fingerprint density at radius 1 is 1.47 bits per heavy atom. The van der Waals surface area contributed by atoms with Gasteiger partial charge in [0.05, 0.1) is 6.20 Å². The molecule has 0 saturated carbocycles. The summed E-state index contributed by atoms with van der Waals surface area (Å²) in [5.41, 5.74) is 1.25. The topological polar surface area (TPSA) is 29.0 Å². The van der Waals surface area contributed by atoms with Crippen molar-refractivity contribution in [1.29, 1.82) is 0 Å². The van der Waals surface area contributed by atoms with Crippen LogP contribution in [0, 0.1) is 5.82 Å². The zero-order valence-corrected chi connectivity index (χ0v) is 10.4. The van der Waals surface area contributed by atoms with E-state index in [1.807, 2.05) is 4.90 Å². The van der Waals surface area contributed by atoms with Crippen LogP contribution in [-0.4, -0.2) is 16.5 Å². The summed E-state index contributed by atoms with van der Waals surface area (Å²) in [6.45, 7) is 1.45.